The maximum Gasteiger partial charge on any atom is 0.0593 e. The van der Waals surface area contributed by atoms with Crippen molar-refractivity contribution in [3.63, 3.8) is 0 Å². The SMILES string of the molecule is CCCC1CC(CN)(N(C)C2CCC(CC)CC2)CCO1. The van der Waals surface area contributed by atoms with Gasteiger partial charge in [-0.15, -0.1) is 0 Å². The summed E-state index contributed by atoms with van der Waals surface area (Å²) in [5, 5.41) is 0. The van der Waals surface area contributed by atoms with Crippen LogP contribution < -0.4 is 5.73 Å². The topological polar surface area (TPSA) is 38.5 Å². The van der Waals surface area contributed by atoms with Crippen LogP contribution in [0.1, 0.15) is 71.6 Å². The van der Waals surface area contributed by atoms with Gasteiger partial charge < -0.3 is 10.5 Å². The van der Waals surface area contributed by atoms with Crippen LogP contribution >= 0.6 is 0 Å². The van der Waals surface area contributed by atoms with Crippen molar-refractivity contribution >= 4 is 0 Å². The van der Waals surface area contributed by atoms with E-state index in [2.05, 4.69) is 25.8 Å². The molecule has 124 valence electrons. The Morgan fingerprint density at radius 1 is 1.19 bits per heavy atom. The Morgan fingerprint density at radius 2 is 1.90 bits per heavy atom. The lowest BCUT2D eigenvalue weighted by molar-refractivity contribution is -0.0824. The highest BCUT2D eigenvalue weighted by Gasteiger charge is 2.42. The molecule has 2 rings (SSSR count). The predicted molar refractivity (Wildman–Crippen MR) is 89.5 cm³/mol. The molecule has 0 spiro atoms. The van der Waals surface area contributed by atoms with E-state index in [-0.39, 0.29) is 5.54 Å². The third kappa shape index (κ3) is 4.00. The van der Waals surface area contributed by atoms with Gasteiger partial charge in [0.2, 0.25) is 0 Å². The lowest BCUT2D eigenvalue weighted by atomic mass is 9.79. The summed E-state index contributed by atoms with van der Waals surface area (Å²) in [6.45, 7) is 6.25. The molecule has 0 aromatic heterocycles. The molecule has 2 atom stereocenters. The minimum absolute atomic E-state index is 0.182. The maximum absolute atomic E-state index is 6.26. The number of nitrogens with zero attached hydrogens (tertiary/aromatic N) is 1. The first-order valence-corrected chi connectivity index (χ1v) is 9.19. The highest BCUT2D eigenvalue weighted by Crippen LogP contribution is 2.37. The van der Waals surface area contributed by atoms with Gasteiger partial charge in [-0.25, -0.2) is 0 Å². The van der Waals surface area contributed by atoms with E-state index in [1.54, 1.807) is 0 Å². The first-order valence-electron chi connectivity index (χ1n) is 9.19. The van der Waals surface area contributed by atoms with Crippen molar-refractivity contribution < 1.29 is 4.74 Å². The van der Waals surface area contributed by atoms with Gasteiger partial charge in [0.25, 0.3) is 0 Å². The molecule has 0 radical (unpaired) electrons. The Bertz CT molecular complexity index is 300. The van der Waals surface area contributed by atoms with Crippen LogP contribution in [0.4, 0.5) is 0 Å². The molecule has 1 heterocycles. The smallest absolute Gasteiger partial charge is 0.0593 e. The molecule has 0 amide bonds. The van der Waals surface area contributed by atoms with Gasteiger partial charge in [0.05, 0.1) is 6.10 Å². The molecule has 3 heteroatoms. The summed E-state index contributed by atoms with van der Waals surface area (Å²) in [5.74, 6) is 0.964. The second-order valence-electron chi connectivity index (χ2n) is 7.36. The number of likely N-dealkylation sites (N-methyl/N-ethyl adjacent to an activating group) is 1. The highest BCUT2D eigenvalue weighted by molar-refractivity contribution is 4.98. The zero-order chi connectivity index (χ0) is 15.3. The lowest BCUT2D eigenvalue weighted by Crippen LogP contribution is -2.60. The summed E-state index contributed by atoms with van der Waals surface area (Å²) in [7, 11) is 2.33. The second kappa shape index (κ2) is 7.94. The second-order valence-corrected chi connectivity index (χ2v) is 7.36. The number of ether oxygens (including phenoxy) is 1. The molecule has 0 aromatic rings. The van der Waals surface area contributed by atoms with Gasteiger partial charge in [-0.2, -0.15) is 0 Å². The fourth-order valence-corrected chi connectivity index (χ4v) is 4.49. The van der Waals surface area contributed by atoms with E-state index in [1.807, 2.05) is 0 Å². The van der Waals surface area contributed by atoms with Gasteiger partial charge in [0.1, 0.15) is 0 Å². The van der Waals surface area contributed by atoms with Crippen molar-refractivity contribution in [2.75, 3.05) is 20.2 Å². The normalized spacial score (nSPS) is 37.9. The monoisotopic (exact) mass is 296 g/mol. The number of hydrogen-bond acceptors (Lipinski definition) is 3. The summed E-state index contributed by atoms with van der Waals surface area (Å²) in [6.07, 6.45) is 11.9. The molecular formula is C18H36N2O. The van der Waals surface area contributed by atoms with Gasteiger partial charge in [0, 0.05) is 24.7 Å². The van der Waals surface area contributed by atoms with Crippen LogP contribution in [0.3, 0.4) is 0 Å². The Labute approximate surface area is 131 Å². The van der Waals surface area contributed by atoms with E-state index in [0.717, 1.165) is 38.0 Å². The van der Waals surface area contributed by atoms with Gasteiger partial charge >= 0.3 is 0 Å². The Kier molecular flexibility index (Phi) is 6.51. The Morgan fingerprint density at radius 3 is 2.48 bits per heavy atom. The summed E-state index contributed by atoms with van der Waals surface area (Å²) in [6, 6.07) is 0.733. The molecule has 1 aliphatic carbocycles. The maximum atomic E-state index is 6.26. The molecule has 3 nitrogen and oxygen atoms in total. The highest BCUT2D eigenvalue weighted by atomic mass is 16.5. The first kappa shape index (κ1) is 17.2. The summed E-state index contributed by atoms with van der Waals surface area (Å²) < 4.78 is 5.97. The van der Waals surface area contributed by atoms with Crippen LogP contribution in [0.15, 0.2) is 0 Å². The predicted octanol–water partition coefficient (Wildman–Crippen LogP) is 3.56. The van der Waals surface area contributed by atoms with Crippen molar-refractivity contribution in [1.82, 2.24) is 4.90 Å². The molecule has 0 aromatic carbocycles. The molecule has 21 heavy (non-hydrogen) atoms. The summed E-state index contributed by atoms with van der Waals surface area (Å²) in [4.78, 5) is 2.66. The molecule has 2 fully saturated rings. The van der Waals surface area contributed by atoms with E-state index in [4.69, 9.17) is 10.5 Å². The van der Waals surface area contributed by atoms with Crippen molar-refractivity contribution in [1.29, 1.82) is 0 Å². The fourth-order valence-electron chi connectivity index (χ4n) is 4.49. The van der Waals surface area contributed by atoms with Crippen LogP contribution in [0, 0.1) is 5.92 Å². The van der Waals surface area contributed by atoms with Crippen molar-refractivity contribution in [3.8, 4) is 0 Å². The molecule has 2 unspecified atom stereocenters. The molecule has 1 saturated heterocycles. The van der Waals surface area contributed by atoms with E-state index < -0.39 is 0 Å². The molecule has 2 aliphatic rings. The van der Waals surface area contributed by atoms with E-state index in [1.165, 1.54) is 44.9 Å². The number of rotatable bonds is 6. The zero-order valence-electron chi connectivity index (χ0n) is 14.4. The van der Waals surface area contributed by atoms with E-state index in [0.29, 0.717) is 6.10 Å². The first-order chi connectivity index (χ1) is 10.1. The van der Waals surface area contributed by atoms with Crippen molar-refractivity contribution in [2.24, 2.45) is 11.7 Å². The van der Waals surface area contributed by atoms with Crippen LogP contribution in [0.5, 0.6) is 0 Å². The molecule has 1 aliphatic heterocycles. The van der Waals surface area contributed by atoms with E-state index in [9.17, 15) is 0 Å². The largest absolute Gasteiger partial charge is 0.378 e. The van der Waals surface area contributed by atoms with Crippen LogP contribution in [0.25, 0.3) is 0 Å². The van der Waals surface area contributed by atoms with Crippen molar-refractivity contribution in [2.45, 2.75) is 89.3 Å². The van der Waals surface area contributed by atoms with E-state index >= 15 is 0 Å². The average Bonchev–Trinajstić information content (AvgIpc) is 2.54. The molecular weight excluding hydrogens is 260 g/mol. The van der Waals surface area contributed by atoms with Crippen LogP contribution in [0.2, 0.25) is 0 Å². The van der Waals surface area contributed by atoms with Gasteiger partial charge in [-0.1, -0.05) is 26.7 Å². The zero-order valence-corrected chi connectivity index (χ0v) is 14.4. The fraction of sp³-hybridized carbons (Fsp3) is 1.00. The van der Waals surface area contributed by atoms with Crippen molar-refractivity contribution in [3.05, 3.63) is 0 Å². The van der Waals surface area contributed by atoms with Gasteiger partial charge in [-0.05, 0) is 57.9 Å². The van der Waals surface area contributed by atoms with Crippen LogP contribution in [-0.4, -0.2) is 42.8 Å². The number of nitrogens with two attached hydrogens (primary N) is 1. The quantitative estimate of drug-likeness (QED) is 0.814. The molecule has 1 saturated carbocycles. The standard InChI is InChI=1S/C18H36N2O/c1-4-6-17-13-18(14-19,11-12-21-17)20(3)16-9-7-15(5-2)8-10-16/h15-17H,4-14,19H2,1-3H3. The molecule has 0 bridgehead atoms. The molecule has 2 N–H and O–H groups in total. The Balaban J connectivity index is 1.98. The Hall–Kier alpha value is -0.120. The minimum atomic E-state index is 0.182. The van der Waals surface area contributed by atoms with Gasteiger partial charge in [0.15, 0.2) is 0 Å². The average molecular weight is 296 g/mol. The third-order valence-corrected chi connectivity index (χ3v) is 6.21. The lowest BCUT2D eigenvalue weighted by Gasteiger charge is -2.51. The minimum Gasteiger partial charge on any atom is -0.378 e. The van der Waals surface area contributed by atoms with Gasteiger partial charge in [-0.3, -0.25) is 4.90 Å². The summed E-state index contributed by atoms with van der Waals surface area (Å²) in [5.41, 5.74) is 6.44. The summed E-state index contributed by atoms with van der Waals surface area (Å²) >= 11 is 0. The third-order valence-electron chi connectivity index (χ3n) is 6.21. The number of hydrogen-bond donors (Lipinski definition) is 1. The van der Waals surface area contributed by atoms with Crippen LogP contribution in [-0.2, 0) is 4.74 Å².